The number of amides is 2. The fraction of sp³-hybridized carbons (Fsp3) is 0.600. The van der Waals surface area contributed by atoms with Crippen molar-refractivity contribution in [2.75, 3.05) is 22.1 Å². The van der Waals surface area contributed by atoms with Gasteiger partial charge in [-0.2, -0.15) is 0 Å². The van der Waals surface area contributed by atoms with Gasteiger partial charge >= 0.3 is 0 Å². The van der Waals surface area contributed by atoms with Crippen molar-refractivity contribution in [3.63, 3.8) is 0 Å². The summed E-state index contributed by atoms with van der Waals surface area (Å²) < 4.78 is 5.98. The van der Waals surface area contributed by atoms with Crippen LogP contribution in [0.1, 0.15) is 32.6 Å². The third kappa shape index (κ3) is 2.94. The third-order valence-electron chi connectivity index (χ3n) is 6.43. The SMILES string of the molecule is CC1Oc2ccc(NC(=O)C3CC4CCC(C3)C43SCCS3)cc2NC1=O. The number of ether oxygens (including phenoxy) is 1. The number of benzene rings is 1. The zero-order valence-electron chi connectivity index (χ0n) is 15.3. The molecule has 1 spiro atoms. The van der Waals surface area contributed by atoms with Crippen molar-refractivity contribution in [2.24, 2.45) is 17.8 Å². The summed E-state index contributed by atoms with van der Waals surface area (Å²) in [5, 5.41) is 5.92. The summed E-state index contributed by atoms with van der Waals surface area (Å²) in [5.74, 6) is 4.55. The van der Waals surface area contributed by atoms with Gasteiger partial charge in [-0.15, -0.1) is 23.5 Å². The van der Waals surface area contributed by atoms with Crippen molar-refractivity contribution >= 4 is 46.7 Å². The Morgan fingerprint density at radius 2 is 1.93 bits per heavy atom. The van der Waals surface area contributed by atoms with E-state index in [1.165, 1.54) is 24.3 Å². The minimum atomic E-state index is -0.491. The van der Waals surface area contributed by atoms with Gasteiger partial charge in [0.25, 0.3) is 5.91 Å². The van der Waals surface area contributed by atoms with Gasteiger partial charge < -0.3 is 15.4 Å². The van der Waals surface area contributed by atoms with Crippen molar-refractivity contribution in [1.29, 1.82) is 0 Å². The molecule has 2 amide bonds. The average molecular weight is 405 g/mol. The van der Waals surface area contributed by atoms with Gasteiger partial charge in [-0.3, -0.25) is 9.59 Å². The standard InChI is InChI=1S/C20H24N2O3S2/c1-11-18(23)22-16-10-15(4-5-17(16)25-11)21-19(24)12-8-13-2-3-14(9-12)20(13)26-6-7-27-20/h4-5,10-14H,2-3,6-9H2,1H3,(H,21,24)(H,22,23). The van der Waals surface area contributed by atoms with Crippen LogP contribution in [0.2, 0.25) is 0 Å². The molecule has 0 radical (unpaired) electrons. The van der Waals surface area contributed by atoms with E-state index in [2.05, 4.69) is 34.2 Å². The van der Waals surface area contributed by atoms with E-state index in [0.717, 1.165) is 18.5 Å². The van der Waals surface area contributed by atoms with Gasteiger partial charge in [0.15, 0.2) is 6.10 Å². The molecule has 144 valence electrons. The Labute approximate surface area is 167 Å². The normalized spacial score (nSPS) is 33.3. The summed E-state index contributed by atoms with van der Waals surface area (Å²) >= 11 is 4.31. The molecule has 2 saturated carbocycles. The topological polar surface area (TPSA) is 67.4 Å². The van der Waals surface area contributed by atoms with Crippen molar-refractivity contribution < 1.29 is 14.3 Å². The highest BCUT2D eigenvalue weighted by molar-refractivity contribution is 8.21. The lowest BCUT2D eigenvalue weighted by Gasteiger charge is -2.42. The first kappa shape index (κ1) is 17.7. The van der Waals surface area contributed by atoms with Crippen LogP contribution >= 0.6 is 23.5 Å². The number of rotatable bonds is 2. The van der Waals surface area contributed by atoms with Crippen LogP contribution in [0.15, 0.2) is 18.2 Å². The first-order valence-corrected chi connectivity index (χ1v) is 11.7. The predicted molar refractivity (Wildman–Crippen MR) is 110 cm³/mol. The van der Waals surface area contributed by atoms with Crippen molar-refractivity contribution in [3.05, 3.63) is 18.2 Å². The van der Waals surface area contributed by atoms with Gasteiger partial charge in [-0.05, 0) is 62.6 Å². The van der Waals surface area contributed by atoms with Crippen LogP contribution < -0.4 is 15.4 Å². The fourth-order valence-corrected chi connectivity index (χ4v) is 9.08. The Bertz CT molecular complexity index is 777. The lowest BCUT2D eigenvalue weighted by molar-refractivity contribution is -0.123. The Kier molecular flexibility index (Phi) is 4.35. The molecular weight excluding hydrogens is 380 g/mol. The molecule has 0 aromatic heterocycles. The number of anilines is 2. The maximum absolute atomic E-state index is 12.9. The largest absolute Gasteiger partial charge is 0.479 e. The molecular formula is C20H24N2O3S2. The van der Waals surface area contributed by atoms with E-state index >= 15 is 0 Å². The van der Waals surface area contributed by atoms with Gasteiger partial charge in [0, 0.05) is 23.1 Å². The van der Waals surface area contributed by atoms with E-state index in [9.17, 15) is 9.59 Å². The number of fused-ring (bicyclic) bond motifs is 1. The second-order valence-electron chi connectivity index (χ2n) is 8.01. The second-order valence-corrected chi connectivity index (χ2v) is 11.0. The van der Waals surface area contributed by atoms with Gasteiger partial charge in [0.2, 0.25) is 5.91 Å². The molecule has 3 atom stereocenters. The van der Waals surface area contributed by atoms with Crippen LogP contribution in [0, 0.1) is 17.8 Å². The molecule has 2 bridgehead atoms. The maximum atomic E-state index is 12.9. The summed E-state index contributed by atoms with van der Waals surface area (Å²) in [6.07, 6.45) is 4.06. The molecule has 5 rings (SSSR count). The number of carbonyl (C=O) groups excluding carboxylic acids is 2. The number of nitrogens with one attached hydrogen (secondary N) is 2. The van der Waals surface area contributed by atoms with Crippen LogP contribution in [0.3, 0.4) is 0 Å². The number of carbonyl (C=O) groups is 2. The van der Waals surface area contributed by atoms with E-state index in [1.54, 1.807) is 13.0 Å². The minimum absolute atomic E-state index is 0.0943. The summed E-state index contributed by atoms with van der Waals surface area (Å²) in [5.41, 5.74) is 1.34. The minimum Gasteiger partial charge on any atom is -0.479 e. The molecule has 2 aliphatic carbocycles. The van der Waals surface area contributed by atoms with E-state index in [-0.39, 0.29) is 17.7 Å². The highest BCUT2D eigenvalue weighted by Gasteiger charge is 2.57. The van der Waals surface area contributed by atoms with E-state index in [4.69, 9.17) is 4.74 Å². The molecule has 1 aromatic carbocycles. The molecule has 2 N–H and O–H groups in total. The third-order valence-corrected chi connectivity index (χ3v) is 10.4. The highest BCUT2D eigenvalue weighted by atomic mass is 32.2. The number of thioether (sulfide) groups is 2. The van der Waals surface area contributed by atoms with Crippen LogP contribution in [0.4, 0.5) is 11.4 Å². The molecule has 27 heavy (non-hydrogen) atoms. The summed E-state index contributed by atoms with van der Waals surface area (Å²) in [7, 11) is 0. The maximum Gasteiger partial charge on any atom is 0.265 e. The van der Waals surface area contributed by atoms with Crippen LogP contribution in [0.5, 0.6) is 5.75 Å². The first-order chi connectivity index (χ1) is 13.0. The lowest BCUT2D eigenvalue weighted by atomic mass is 9.79. The van der Waals surface area contributed by atoms with Crippen LogP contribution in [-0.2, 0) is 9.59 Å². The summed E-state index contributed by atoms with van der Waals surface area (Å²) in [6.45, 7) is 1.72. The highest BCUT2D eigenvalue weighted by Crippen LogP contribution is 2.65. The van der Waals surface area contributed by atoms with E-state index < -0.39 is 6.10 Å². The lowest BCUT2D eigenvalue weighted by Crippen LogP contribution is -2.41. The van der Waals surface area contributed by atoms with E-state index in [1.807, 2.05) is 12.1 Å². The van der Waals surface area contributed by atoms with Gasteiger partial charge in [-0.25, -0.2) is 0 Å². The van der Waals surface area contributed by atoms with Crippen molar-refractivity contribution in [1.82, 2.24) is 0 Å². The molecule has 2 heterocycles. The predicted octanol–water partition coefficient (Wildman–Crippen LogP) is 3.96. The fourth-order valence-electron chi connectivity index (χ4n) is 5.15. The Morgan fingerprint density at radius 1 is 1.22 bits per heavy atom. The average Bonchev–Trinajstić information content (AvgIpc) is 3.18. The van der Waals surface area contributed by atoms with Gasteiger partial charge in [-0.1, -0.05) is 0 Å². The van der Waals surface area contributed by atoms with Crippen LogP contribution in [-0.4, -0.2) is 33.5 Å². The Balaban J connectivity index is 1.28. The zero-order chi connectivity index (χ0) is 18.6. The molecule has 2 aliphatic heterocycles. The van der Waals surface area contributed by atoms with Crippen LogP contribution in [0.25, 0.3) is 0 Å². The Morgan fingerprint density at radius 3 is 2.63 bits per heavy atom. The molecule has 5 nitrogen and oxygen atoms in total. The number of hydrogen-bond donors (Lipinski definition) is 2. The smallest absolute Gasteiger partial charge is 0.265 e. The van der Waals surface area contributed by atoms with E-state index in [0.29, 0.717) is 27.4 Å². The van der Waals surface area contributed by atoms with Gasteiger partial charge in [0.05, 0.1) is 9.77 Å². The first-order valence-electron chi connectivity index (χ1n) is 9.75. The molecule has 1 saturated heterocycles. The monoisotopic (exact) mass is 404 g/mol. The van der Waals surface area contributed by atoms with Crippen molar-refractivity contribution in [3.8, 4) is 5.75 Å². The van der Waals surface area contributed by atoms with Crippen molar-refractivity contribution in [2.45, 2.75) is 42.8 Å². The quantitative estimate of drug-likeness (QED) is 0.781. The molecule has 7 heteroatoms. The molecule has 3 fully saturated rings. The molecule has 1 aromatic rings. The van der Waals surface area contributed by atoms with Gasteiger partial charge in [0.1, 0.15) is 5.75 Å². The molecule has 4 aliphatic rings. The summed E-state index contributed by atoms with van der Waals surface area (Å²) in [6, 6.07) is 5.45. The second kappa shape index (κ2) is 6.62. The number of hydrogen-bond acceptors (Lipinski definition) is 5. The molecule has 3 unspecified atom stereocenters. The summed E-state index contributed by atoms with van der Waals surface area (Å²) in [4.78, 5) is 24.7. The zero-order valence-corrected chi connectivity index (χ0v) is 17.0. The Hall–Kier alpha value is -1.34.